The summed E-state index contributed by atoms with van der Waals surface area (Å²) in [7, 11) is 0. The molecule has 3 heterocycles. The van der Waals surface area contributed by atoms with E-state index >= 15 is 0 Å². The Balaban J connectivity index is -0.000000204. The van der Waals surface area contributed by atoms with Crippen LogP contribution in [0.25, 0.3) is 0 Å². The molecule has 7 rings (SSSR count). The molecule has 4 aromatic carbocycles. The van der Waals surface area contributed by atoms with Gasteiger partial charge in [0.15, 0.2) is 0 Å². The molecule has 3 amide bonds. The number of Topliss-reactive ketones (excluding diaryl/α,β-unsaturated/α-hetero) is 1. The molecule has 0 aromatic heterocycles. The van der Waals surface area contributed by atoms with Gasteiger partial charge in [0.05, 0.1) is 61.4 Å². The number of alkyl halides is 7. The number of rotatable bonds is 29. The van der Waals surface area contributed by atoms with E-state index in [4.69, 9.17) is 45.5 Å². The van der Waals surface area contributed by atoms with Crippen LogP contribution in [0.2, 0.25) is 0 Å². The molecule has 124 heavy (non-hydrogen) atoms. The van der Waals surface area contributed by atoms with Crippen molar-refractivity contribution in [1.29, 1.82) is 0 Å². The van der Waals surface area contributed by atoms with Crippen LogP contribution >= 0.6 is 27.5 Å². The van der Waals surface area contributed by atoms with Crippen molar-refractivity contribution in [3.05, 3.63) is 149 Å². The van der Waals surface area contributed by atoms with Crippen molar-refractivity contribution < 1.29 is 173 Å². The summed E-state index contributed by atoms with van der Waals surface area (Å²) in [6.07, 6.45) is -4.48. The minimum absolute atomic E-state index is 0. The summed E-state index contributed by atoms with van der Waals surface area (Å²) < 4.78 is 121. The predicted octanol–water partition coefficient (Wildman–Crippen LogP) is 12.2. The molecule has 0 saturated carbocycles. The molecule has 28 nitrogen and oxygen atoms in total. The van der Waals surface area contributed by atoms with Crippen LogP contribution in [0.4, 0.5) is 45.1 Å². The first-order valence-corrected chi connectivity index (χ1v) is 39.5. The molecule has 706 valence electrons. The number of carbonyl (C=O) groups excluding carboxylic acids is 9. The van der Waals surface area contributed by atoms with E-state index in [1.54, 1.807) is 27.7 Å². The van der Waals surface area contributed by atoms with Gasteiger partial charge >= 0.3 is 83.3 Å². The summed E-state index contributed by atoms with van der Waals surface area (Å²) in [5.41, 5.74) is 1.90. The number of nitrogens with two attached hydrogens (primary N) is 1. The van der Waals surface area contributed by atoms with E-state index < -0.39 is 94.2 Å². The number of amides is 3. The van der Waals surface area contributed by atoms with Gasteiger partial charge in [-0.3, -0.25) is 38.4 Å². The number of aliphatic hydroxyl groups is 4. The predicted molar refractivity (Wildman–Crippen MR) is 456 cm³/mol. The normalized spacial score (nSPS) is 15.1. The molecule has 11 N–H and O–H groups in total. The van der Waals surface area contributed by atoms with Crippen molar-refractivity contribution in [2.24, 2.45) is 29.4 Å². The molecule has 4 aromatic rings. The Hall–Kier alpha value is -7.57. The average molecular weight is 1990 g/mol. The topological polar surface area (TPSA) is 436 Å². The van der Waals surface area contributed by atoms with E-state index in [1.807, 2.05) is 105 Å². The van der Waals surface area contributed by atoms with E-state index in [9.17, 15) is 88.6 Å². The maximum absolute atomic E-state index is 13.0. The summed E-state index contributed by atoms with van der Waals surface area (Å²) in [4.78, 5) is 117. The van der Waals surface area contributed by atoms with Crippen molar-refractivity contribution in [2.75, 3.05) is 46.2 Å². The SMILES string of the molecule is CC(=O)Cl.CC(C)(F)C[C@H]1COC(=O)N1.CC(C)(O)C[C@H]1COC(=O)N1.CCO.CCOC(=O)[C@@H](N)CC(C)(C)F.C[C@@H](CC(=O)OCc1ccccc1)C(=O)O.C[C@@H](CC(C)(C)F)C(=O)O.C[C@H](CO)CC(=O)OCc1ccccc1.C[C@H](CO)CC(C)(C)F.O=C(C[C@H]1COC(=O)N1)OCc1ccccc1.O=C(c1ccc(Br)cc1)C(F)(F)F.[2HH].[CH3-].[I-].[Mg+2]. The quantitative estimate of drug-likeness (QED) is 0.00353. The molecule has 0 bridgehead atoms. The van der Waals surface area contributed by atoms with Gasteiger partial charge in [0.1, 0.15) is 68.4 Å². The molecule has 0 aliphatic carbocycles. The number of nitrogens with one attached hydrogen (secondary N) is 3. The van der Waals surface area contributed by atoms with Gasteiger partial charge in [-0.2, -0.15) is 13.2 Å². The first kappa shape index (κ1) is 130. The molecule has 3 aliphatic rings. The zero-order valence-corrected chi connectivity index (χ0v) is 79.8. The van der Waals surface area contributed by atoms with Gasteiger partial charge in [-0.05, 0) is 167 Å². The van der Waals surface area contributed by atoms with Crippen molar-refractivity contribution in [2.45, 2.75) is 248 Å². The second-order valence-corrected chi connectivity index (χ2v) is 32.1. The van der Waals surface area contributed by atoms with Gasteiger partial charge < -0.3 is 117 Å². The first-order chi connectivity index (χ1) is 55.7. The maximum atomic E-state index is 13.0. The van der Waals surface area contributed by atoms with Crippen LogP contribution in [0.3, 0.4) is 0 Å². The van der Waals surface area contributed by atoms with Crippen molar-refractivity contribution in [3.8, 4) is 0 Å². The Morgan fingerprint density at radius 1 is 0.524 bits per heavy atom. The number of hydrogen-bond donors (Lipinski definition) is 10. The number of cyclic esters (lactones) is 3. The molecule has 0 spiro atoms. The van der Waals surface area contributed by atoms with Crippen LogP contribution in [-0.4, -0.2) is 224 Å². The van der Waals surface area contributed by atoms with Crippen molar-refractivity contribution in [3.63, 3.8) is 0 Å². The summed E-state index contributed by atoms with van der Waals surface area (Å²) in [5.74, 6) is -6.64. The van der Waals surface area contributed by atoms with E-state index in [0.717, 1.165) is 28.8 Å². The van der Waals surface area contributed by atoms with Gasteiger partial charge in [-0.25, -0.2) is 31.9 Å². The number of aliphatic carboxylic acids is 2. The third kappa shape index (κ3) is 81.5. The Morgan fingerprint density at radius 3 is 1.13 bits per heavy atom. The molecular weight excluding hydrogens is 1860 g/mol. The molecule has 3 aliphatic heterocycles. The monoisotopic (exact) mass is 1990 g/mol. The van der Waals surface area contributed by atoms with Crippen LogP contribution in [0.1, 0.15) is 198 Å². The number of carbonyl (C=O) groups is 11. The van der Waals surface area contributed by atoms with Gasteiger partial charge in [-0.15, -0.1) is 0 Å². The number of alkyl carbamates (subject to hydrolysis) is 3. The smallest absolute Gasteiger partial charge is 1.00 e. The first-order valence-electron chi connectivity index (χ1n) is 38.3. The van der Waals surface area contributed by atoms with Gasteiger partial charge in [-0.1, -0.05) is 135 Å². The Kier molecular flexibility index (Phi) is 72.6. The Bertz CT molecular complexity index is 3570. The van der Waals surface area contributed by atoms with Gasteiger partial charge in [0.25, 0.3) is 5.78 Å². The number of ketones is 1. The number of hydrogen-bond acceptors (Lipinski definition) is 23. The molecule has 3 fully saturated rings. The zero-order chi connectivity index (χ0) is 94.1. The van der Waals surface area contributed by atoms with Crippen LogP contribution in [0.15, 0.2) is 120 Å². The summed E-state index contributed by atoms with van der Waals surface area (Å²) in [6, 6.07) is 31.9. The minimum Gasteiger partial charge on any atom is -1.00 e. The number of halogens is 10. The van der Waals surface area contributed by atoms with E-state index in [0.29, 0.717) is 36.9 Å². The maximum Gasteiger partial charge on any atom is 2.00 e. The number of esters is 4. The van der Waals surface area contributed by atoms with Crippen LogP contribution in [0.5, 0.6) is 0 Å². The molecular formula is C85H130BrClF7IMgN4O24. The Labute approximate surface area is 771 Å². The van der Waals surface area contributed by atoms with Crippen molar-refractivity contribution >= 4 is 116 Å². The number of carboxylic acids is 2. The van der Waals surface area contributed by atoms with Crippen LogP contribution in [0, 0.1) is 31.1 Å². The zero-order valence-electron chi connectivity index (χ0n) is 73.9. The molecule has 0 unspecified atom stereocenters. The fourth-order valence-electron chi connectivity index (χ4n) is 9.41. The van der Waals surface area contributed by atoms with Gasteiger partial charge in [0.2, 0.25) is 5.24 Å². The molecule has 39 heteroatoms. The van der Waals surface area contributed by atoms with Crippen molar-refractivity contribution in [1.82, 2.24) is 16.0 Å². The van der Waals surface area contributed by atoms with E-state index in [1.165, 1.54) is 88.3 Å². The second-order valence-electron chi connectivity index (χ2n) is 30.6. The van der Waals surface area contributed by atoms with Gasteiger partial charge in [0, 0.05) is 51.0 Å². The number of carboxylic acid groups (broad SMARTS) is 2. The average Bonchev–Trinajstić information content (AvgIpc) is 0.981. The fourth-order valence-corrected chi connectivity index (χ4v) is 9.67. The standard InChI is InChI=1S/C12H13NO4.C12H14O4.C12H16O3.C8H4BrF3O.C8H16FNO2.C7H12FNO2.C7H13FO2.C7H15FO.C7H13NO3.C2H3ClO.C2H6O.CH3.HI.Mg.H2/c14-11(6-10-8-17-12(15)13-10)16-7-9-4-2-1-3-5-9;1-9(12(14)15)7-11(13)16-8-10-5-3-2-4-6-10;1-10(8-13)7-12(14)15-9-11-5-3-2-4-6-11;9-6-3-1-5(2-4-6)7(13)8(10,11)12;1-4-12-7(11)6(10)5-8(2,3)9;1-7(2,8)3-5-4-11-6(10)9-5;1-5(6(9)10)4-7(2,3)8;1-6(5-9)4-7(2,3)8;1-7(2,10)3-5-4-11-6(9)8-5;1-2(3)4;1-2-3;;;;/h1-5,10H,6-8H2,(H,13,15);2-6,9H,7-8H2,1H3,(H,14,15);2-6,10,13H,7-9H2,1H3;1-4H;6H,4-5,10H2,1-3H3;5H,3-4H2,1-2H3,(H,9,10);5H,4H2,1-3H3,(H,9,10);6,9H,4-5H2,1-3H3;5,10H,3-4H2,1-2H3,(H,8,9);1H3;3H,2H2,1H3;1H3;1H;;1H/q;;;;;;;;;;;-1;;+2;/p-1/t10-;9-;10-;;6-;2*5-;6-;5-;;;;;;/m000.00000....../s1/i;;;;;;;;;;;;;;1+1. The number of ether oxygens (including phenoxy) is 7. The second kappa shape index (κ2) is 69.5. The largest absolute Gasteiger partial charge is 2.00 e. The molecule has 0 radical (unpaired) electrons. The van der Waals surface area contributed by atoms with E-state index in [2.05, 4.69) is 62.4 Å². The summed E-state index contributed by atoms with van der Waals surface area (Å²) in [6.45, 7) is 28.5. The number of benzene rings is 4. The van der Waals surface area contributed by atoms with Crippen LogP contribution in [-0.2, 0) is 86.5 Å². The van der Waals surface area contributed by atoms with E-state index in [-0.39, 0.29) is 200 Å². The third-order valence-corrected chi connectivity index (χ3v) is 15.1. The number of aliphatic hydroxyl groups excluding tert-OH is 3. The molecule has 8 atom stereocenters. The van der Waals surface area contributed by atoms with Crippen LogP contribution < -0.4 is 45.7 Å². The minimum atomic E-state index is -4.80. The summed E-state index contributed by atoms with van der Waals surface area (Å²) in [5, 5.41) is 58.5. The fraction of sp³-hybridized carbons (Fsp3) is 0.576. The third-order valence-electron chi connectivity index (χ3n) is 14.6. The Morgan fingerprint density at radius 2 is 0.855 bits per heavy atom. The summed E-state index contributed by atoms with van der Waals surface area (Å²) >= 11 is 7.69. The molecule has 3 saturated heterocycles.